The second kappa shape index (κ2) is 2.86. The standard InChI is InChI=1S/C8H11N3S/c1-3-7-9-8(12-10-7)11-4-6(2)5-11/h2-5H2,1H3. The van der Waals surface area contributed by atoms with Crippen molar-refractivity contribution in [1.82, 2.24) is 9.36 Å². The zero-order valence-electron chi connectivity index (χ0n) is 7.08. The van der Waals surface area contributed by atoms with Crippen LogP contribution >= 0.6 is 11.5 Å². The zero-order chi connectivity index (χ0) is 8.55. The zero-order valence-corrected chi connectivity index (χ0v) is 7.89. The predicted octanol–water partition coefficient (Wildman–Crippen LogP) is 1.48. The third kappa shape index (κ3) is 1.22. The second-order valence-corrected chi connectivity index (χ2v) is 3.68. The number of anilines is 1. The Hall–Kier alpha value is -0.900. The van der Waals surface area contributed by atoms with E-state index >= 15 is 0 Å². The first-order chi connectivity index (χ1) is 5.79. The Morgan fingerprint density at radius 3 is 2.83 bits per heavy atom. The molecule has 0 atom stereocenters. The SMILES string of the molecule is C=C1CN(c2nc(CC)ns2)C1. The predicted molar refractivity (Wildman–Crippen MR) is 50.6 cm³/mol. The van der Waals surface area contributed by atoms with E-state index in [9.17, 15) is 0 Å². The van der Waals surface area contributed by atoms with Gasteiger partial charge in [-0.2, -0.15) is 4.37 Å². The van der Waals surface area contributed by atoms with Crippen molar-refractivity contribution in [2.24, 2.45) is 0 Å². The minimum atomic E-state index is 0.922. The van der Waals surface area contributed by atoms with E-state index in [1.807, 2.05) is 0 Å². The topological polar surface area (TPSA) is 29.0 Å². The van der Waals surface area contributed by atoms with E-state index in [-0.39, 0.29) is 0 Å². The van der Waals surface area contributed by atoms with Crippen LogP contribution in [0.2, 0.25) is 0 Å². The van der Waals surface area contributed by atoms with E-state index in [0.29, 0.717) is 0 Å². The lowest BCUT2D eigenvalue weighted by atomic mass is 10.1. The van der Waals surface area contributed by atoms with Crippen LogP contribution in [-0.2, 0) is 6.42 Å². The molecule has 2 heterocycles. The van der Waals surface area contributed by atoms with Gasteiger partial charge in [0, 0.05) is 31.0 Å². The van der Waals surface area contributed by atoms with Gasteiger partial charge in [0.15, 0.2) is 0 Å². The van der Waals surface area contributed by atoms with Crippen LogP contribution in [0.5, 0.6) is 0 Å². The van der Waals surface area contributed by atoms with Crippen LogP contribution in [0.3, 0.4) is 0 Å². The Kier molecular flexibility index (Phi) is 1.84. The molecular formula is C8H11N3S. The summed E-state index contributed by atoms with van der Waals surface area (Å²) in [5.41, 5.74) is 1.28. The number of rotatable bonds is 2. The monoisotopic (exact) mass is 181 g/mol. The van der Waals surface area contributed by atoms with Crippen LogP contribution in [0.25, 0.3) is 0 Å². The summed E-state index contributed by atoms with van der Waals surface area (Å²) in [6.07, 6.45) is 0.922. The summed E-state index contributed by atoms with van der Waals surface area (Å²) in [5, 5.41) is 1.04. The molecule has 3 nitrogen and oxygen atoms in total. The fourth-order valence-corrected chi connectivity index (χ4v) is 1.89. The molecule has 12 heavy (non-hydrogen) atoms. The highest BCUT2D eigenvalue weighted by Gasteiger charge is 2.21. The van der Waals surface area contributed by atoms with E-state index in [4.69, 9.17) is 0 Å². The average Bonchev–Trinajstić information content (AvgIpc) is 2.46. The molecule has 0 unspecified atom stereocenters. The summed E-state index contributed by atoms with van der Waals surface area (Å²) in [5.74, 6) is 0.951. The van der Waals surface area contributed by atoms with Crippen molar-refractivity contribution in [3.63, 3.8) is 0 Å². The van der Waals surface area contributed by atoms with Crippen LogP contribution in [0.1, 0.15) is 12.7 Å². The first kappa shape index (κ1) is 7.73. The van der Waals surface area contributed by atoms with Gasteiger partial charge in [0.2, 0.25) is 5.13 Å². The summed E-state index contributed by atoms with van der Waals surface area (Å²) in [7, 11) is 0. The van der Waals surface area contributed by atoms with Crippen molar-refractivity contribution < 1.29 is 0 Å². The summed E-state index contributed by atoms with van der Waals surface area (Å²) in [6, 6.07) is 0. The quantitative estimate of drug-likeness (QED) is 0.647. The number of nitrogens with zero attached hydrogens (tertiary/aromatic N) is 3. The highest BCUT2D eigenvalue weighted by Crippen LogP contribution is 2.24. The van der Waals surface area contributed by atoms with E-state index in [2.05, 4.69) is 27.8 Å². The minimum absolute atomic E-state index is 0.922. The van der Waals surface area contributed by atoms with Gasteiger partial charge in [-0.3, -0.25) is 0 Å². The number of aryl methyl sites for hydroxylation is 1. The normalized spacial score (nSPS) is 16.4. The summed E-state index contributed by atoms with van der Waals surface area (Å²) in [4.78, 5) is 6.57. The second-order valence-electron chi connectivity index (χ2n) is 2.95. The maximum Gasteiger partial charge on any atom is 0.205 e. The van der Waals surface area contributed by atoms with Gasteiger partial charge >= 0.3 is 0 Å². The van der Waals surface area contributed by atoms with Crippen molar-refractivity contribution in [3.8, 4) is 0 Å². The molecule has 1 aromatic rings. The summed E-state index contributed by atoms with van der Waals surface area (Å²) < 4.78 is 4.22. The third-order valence-corrected chi connectivity index (χ3v) is 2.69. The van der Waals surface area contributed by atoms with Gasteiger partial charge in [-0.1, -0.05) is 13.5 Å². The van der Waals surface area contributed by atoms with Crippen molar-refractivity contribution in [1.29, 1.82) is 0 Å². The van der Waals surface area contributed by atoms with E-state index < -0.39 is 0 Å². The van der Waals surface area contributed by atoms with Gasteiger partial charge in [-0.05, 0) is 5.57 Å². The van der Waals surface area contributed by atoms with Crippen molar-refractivity contribution in [2.45, 2.75) is 13.3 Å². The molecule has 0 aliphatic carbocycles. The lowest BCUT2D eigenvalue weighted by Crippen LogP contribution is -2.39. The first-order valence-electron chi connectivity index (χ1n) is 4.03. The van der Waals surface area contributed by atoms with Crippen LogP contribution in [-0.4, -0.2) is 22.4 Å². The van der Waals surface area contributed by atoms with Crippen LogP contribution < -0.4 is 4.90 Å². The maximum atomic E-state index is 4.38. The van der Waals surface area contributed by atoms with Crippen LogP contribution in [0, 0.1) is 0 Å². The van der Waals surface area contributed by atoms with Gasteiger partial charge in [-0.15, -0.1) is 0 Å². The molecular weight excluding hydrogens is 170 g/mol. The molecule has 0 aromatic carbocycles. The molecule has 1 aliphatic rings. The van der Waals surface area contributed by atoms with Gasteiger partial charge in [0.05, 0.1) is 0 Å². The summed E-state index contributed by atoms with van der Waals surface area (Å²) in [6.45, 7) is 7.86. The molecule has 0 amide bonds. The fourth-order valence-electron chi connectivity index (χ4n) is 1.15. The third-order valence-electron chi connectivity index (χ3n) is 1.87. The van der Waals surface area contributed by atoms with Gasteiger partial charge in [0.25, 0.3) is 0 Å². The molecule has 64 valence electrons. The number of hydrogen-bond acceptors (Lipinski definition) is 4. The number of hydrogen-bond donors (Lipinski definition) is 0. The smallest absolute Gasteiger partial charge is 0.205 e. The van der Waals surface area contributed by atoms with E-state index in [1.54, 1.807) is 0 Å². The Morgan fingerprint density at radius 1 is 1.58 bits per heavy atom. The van der Waals surface area contributed by atoms with Crippen LogP contribution in [0.4, 0.5) is 5.13 Å². The highest BCUT2D eigenvalue weighted by molar-refractivity contribution is 7.09. The maximum absolute atomic E-state index is 4.38. The molecule has 0 radical (unpaired) electrons. The molecule has 0 saturated carbocycles. The van der Waals surface area contributed by atoms with Gasteiger partial charge in [-0.25, -0.2) is 4.98 Å². The van der Waals surface area contributed by atoms with Crippen LogP contribution in [0.15, 0.2) is 12.2 Å². The van der Waals surface area contributed by atoms with E-state index in [1.165, 1.54) is 17.1 Å². The Balaban J connectivity index is 2.08. The molecule has 1 fully saturated rings. The minimum Gasteiger partial charge on any atom is -0.339 e. The fraction of sp³-hybridized carbons (Fsp3) is 0.500. The van der Waals surface area contributed by atoms with Gasteiger partial charge in [0.1, 0.15) is 5.82 Å². The lowest BCUT2D eigenvalue weighted by molar-refractivity contribution is 0.768. The highest BCUT2D eigenvalue weighted by atomic mass is 32.1. The average molecular weight is 181 g/mol. The number of aromatic nitrogens is 2. The largest absolute Gasteiger partial charge is 0.339 e. The van der Waals surface area contributed by atoms with E-state index in [0.717, 1.165) is 30.5 Å². The molecule has 4 heteroatoms. The Bertz CT molecular complexity index is 297. The molecule has 0 N–H and O–H groups in total. The molecule has 1 aromatic heterocycles. The van der Waals surface area contributed by atoms with Gasteiger partial charge < -0.3 is 4.90 Å². The van der Waals surface area contributed by atoms with Crippen molar-refractivity contribution >= 4 is 16.7 Å². The van der Waals surface area contributed by atoms with Crippen molar-refractivity contribution in [3.05, 3.63) is 18.0 Å². The summed E-state index contributed by atoms with van der Waals surface area (Å²) >= 11 is 1.48. The Labute approximate surface area is 75.9 Å². The molecule has 0 spiro atoms. The lowest BCUT2D eigenvalue weighted by Gasteiger charge is -2.32. The molecule has 1 aliphatic heterocycles. The molecule has 1 saturated heterocycles. The molecule has 2 rings (SSSR count). The first-order valence-corrected chi connectivity index (χ1v) is 4.81. The van der Waals surface area contributed by atoms with Crippen molar-refractivity contribution in [2.75, 3.05) is 18.0 Å². The Morgan fingerprint density at radius 2 is 2.33 bits per heavy atom. The molecule has 0 bridgehead atoms.